The van der Waals surface area contributed by atoms with Crippen molar-refractivity contribution in [2.45, 2.75) is 62.9 Å². The molecule has 1 aromatic rings. The second kappa shape index (κ2) is 7.15. The fraction of sp³-hybridized carbons (Fsp3) is 0.545. The molecule has 3 heterocycles. The van der Waals surface area contributed by atoms with Gasteiger partial charge >= 0.3 is 0 Å². The molecular weight excluding hydrogens is 370 g/mol. The number of β-amino-alcohol motifs (C(OH)–C–C–N with tert-alkyl or cyclic N) is 1. The Hall–Kier alpha value is -2.38. The summed E-state index contributed by atoms with van der Waals surface area (Å²) in [6.07, 6.45) is 4.44. The molecule has 0 bridgehead atoms. The average Bonchev–Trinajstić information content (AvgIpc) is 3.24. The number of nitrogens with one attached hydrogen (secondary N) is 1. The molecule has 1 unspecified atom stereocenters. The Balaban J connectivity index is 1.29. The molecule has 1 saturated carbocycles. The van der Waals surface area contributed by atoms with Crippen LogP contribution in [0.5, 0.6) is 5.75 Å². The second-order valence-corrected chi connectivity index (χ2v) is 8.66. The maximum atomic E-state index is 12.8. The summed E-state index contributed by atoms with van der Waals surface area (Å²) in [6.45, 7) is 5.70. The van der Waals surface area contributed by atoms with E-state index >= 15 is 0 Å². The van der Waals surface area contributed by atoms with Gasteiger partial charge in [-0.1, -0.05) is 6.58 Å². The lowest BCUT2D eigenvalue weighted by molar-refractivity contribution is -0.126. The number of benzene rings is 1. The largest absolute Gasteiger partial charge is 0.489 e. The lowest BCUT2D eigenvalue weighted by Crippen LogP contribution is -2.58. The first kappa shape index (κ1) is 18.6. The highest BCUT2D eigenvalue weighted by Gasteiger charge is 2.40. The molecule has 3 atom stereocenters. The SMILES string of the molecule is C=C1CCC(N2Cc3cc(O[C@@H]4CCC[C@@H]4N4CC(O)C4)ccc3C2=O)C(=O)N1. The minimum atomic E-state index is -0.443. The van der Waals surface area contributed by atoms with E-state index in [4.69, 9.17) is 4.74 Å². The first-order valence-corrected chi connectivity index (χ1v) is 10.5. The minimum Gasteiger partial charge on any atom is -0.489 e. The van der Waals surface area contributed by atoms with Gasteiger partial charge in [0.05, 0.1) is 6.10 Å². The molecule has 5 rings (SSSR count). The molecular formula is C22H27N3O4. The highest BCUT2D eigenvalue weighted by atomic mass is 16.5. The first-order chi connectivity index (χ1) is 14.0. The topological polar surface area (TPSA) is 82.1 Å². The number of amides is 2. The normalized spacial score (nSPS) is 30.3. The Morgan fingerprint density at radius 3 is 2.76 bits per heavy atom. The molecule has 3 aliphatic heterocycles. The van der Waals surface area contributed by atoms with Gasteiger partial charge in [0.1, 0.15) is 17.9 Å². The molecule has 4 aliphatic rings. The molecule has 7 heteroatoms. The van der Waals surface area contributed by atoms with E-state index in [1.54, 1.807) is 4.90 Å². The molecule has 29 heavy (non-hydrogen) atoms. The van der Waals surface area contributed by atoms with Crippen molar-refractivity contribution in [1.29, 1.82) is 0 Å². The second-order valence-electron chi connectivity index (χ2n) is 8.66. The summed E-state index contributed by atoms with van der Waals surface area (Å²) in [4.78, 5) is 29.1. The van der Waals surface area contributed by atoms with Crippen molar-refractivity contribution >= 4 is 11.8 Å². The number of carbonyl (C=O) groups is 2. The summed E-state index contributed by atoms with van der Waals surface area (Å²) >= 11 is 0. The summed E-state index contributed by atoms with van der Waals surface area (Å²) in [5.74, 6) is 0.537. The Morgan fingerprint density at radius 2 is 2.00 bits per heavy atom. The van der Waals surface area contributed by atoms with Crippen LogP contribution in [-0.4, -0.2) is 64.1 Å². The van der Waals surface area contributed by atoms with E-state index in [0.29, 0.717) is 36.7 Å². The number of allylic oxidation sites excluding steroid dienone is 1. The van der Waals surface area contributed by atoms with Gasteiger partial charge in [0.2, 0.25) is 5.91 Å². The number of hydrogen-bond acceptors (Lipinski definition) is 5. The van der Waals surface area contributed by atoms with Gasteiger partial charge in [-0.25, -0.2) is 0 Å². The maximum absolute atomic E-state index is 12.8. The van der Waals surface area contributed by atoms with Crippen LogP contribution >= 0.6 is 0 Å². The van der Waals surface area contributed by atoms with E-state index in [1.165, 1.54) is 0 Å². The number of likely N-dealkylation sites (tertiary alicyclic amines) is 1. The van der Waals surface area contributed by atoms with Crippen molar-refractivity contribution in [3.8, 4) is 5.75 Å². The van der Waals surface area contributed by atoms with Gasteiger partial charge in [-0.2, -0.15) is 0 Å². The number of piperidine rings is 1. The zero-order valence-corrected chi connectivity index (χ0v) is 16.5. The highest BCUT2D eigenvalue weighted by molar-refractivity contribution is 6.01. The number of ether oxygens (including phenoxy) is 1. The Kier molecular flexibility index (Phi) is 4.59. The fourth-order valence-corrected chi connectivity index (χ4v) is 5.10. The molecule has 1 aliphatic carbocycles. The summed E-state index contributed by atoms with van der Waals surface area (Å²) in [5, 5.41) is 12.4. The molecule has 3 fully saturated rings. The van der Waals surface area contributed by atoms with Crippen LogP contribution in [0.15, 0.2) is 30.5 Å². The number of nitrogens with zero attached hydrogens (tertiary/aromatic N) is 2. The number of hydrogen-bond donors (Lipinski definition) is 2. The van der Waals surface area contributed by atoms with Crippen molar-refractivity contribution in [2.24, 2.45) is 0 Å². The third kappa shape index (κ3) is 3.32. The third-order valence-electron chi connectivity index (χ3n) is 6.67. The number of fused-ring (bicyclic) bond motifs is 1. The molecule has 2 amide bonds. The summed E-state index contributed by atoms with van der Waals surface area (Å²) in [5.41, 5.74) is 2.29. The molecule has 0 aromatic heterocycles. The number of carbonyl (C=O) groups excluding carboxylic acids is 2. The van der Waals surface area contributed by atoms with E-state index in [-0.39, 0.29) is 24.0 Å². The molecule has 7 nitrogen and oxygen atoms in total. The lowest BCUT2D eigenvalue weighted by atomic mass is 10.0. The van der Waals surface area contributed by atoms with Gasteiger partial charge < -0.3 is 20.1 Å². The minimum absolute atomic E-state index is 0.0903. The molecule has 0 spiro atoms. The van der Waals surface area contributed by atoms with Crippen LogP contribution in [0.2, 0.25) is 0 Å². The van der Waals surface area contributed by atoms with Crippen LogP contribution in [0.4, 0.5) is 0 Å². The Labute approximate surface area is 170 Å². The summed E-state index contributed by atoms with van der Waals surface area (Å²) < 4.78 is 6.31. The van der Waals surface area contributed by atoms with Crippen LogP contribution < -0.4 is 10.1 Å². The van der Waals surface area contributed by atoms with Gasteiger partial charge in [0.15, 0.2) is 0 Å². The van der Waals surface area contributed by atoms with Gasteiger partial charge in [-0.15, -0.1) is 0 Å². The van der Waals surface area contributed by atoms with Crippen LogP contribution in [0.3, 0.4) is 0 Å². The Morgan fingerprint density at radius 1 is 1.17 bits per heavy atom. The predicted molar refractivity (Wildman–Crippen MR) is 106 cm³/mol. The zero-order valence-electron chi connectivity index (χ0n) is 16.5. The van der Waals surface area contributed by atoms with E-state index in [1.807, 2.05) is 18.2 Å². The van der Waals surface area contributed by atoms with Gasteiger partial charge in [0.25, 0.3) is 5.91 Å². The van der Waals surface area contributed by atoms with Crippen LogP contribution in [-0.2, 0) is 11.3 Å². The monoisotopic (exact) mass is 397 g/mol. The number of aliphatic hydroxyl groups excluding tert-OH is 1. The smallest absolute Gasteiger partial charge is 0.255 e. The van der Waals surface area contributed by atoms with Crippen LogP contribution in [0.1, 0.15) is 48.0 Å². The van der Waals surface area contributed by atoms with Crippen molar-refractivity contribution in [1.82, 2.24) is 15.1 Å². The summed E-state index contributed by atoms with van der Waals surface area (Å²) in [6, 6.07) is 5.55. The van der Waals surface area contributed by atoms with Crippen LogP contribution in [0.25, 0.3) is 0 Å². The van der Waals surface area contributed by atoms with Gasteiger partial charge in [-0.3, -0.25) is 14.5 Å². The fourth-order valence-electron chi connectivity index (χ4n) is 5.10. The molecule has 0 radical (unpaired) electrons. The third-order valence-corrected chi connectivity index (χ3v) is 6.67. The summed E-state index contributed by atoms with van der Waals surface area (Å²) in [7, 11) is 0. The van der Waals surface area contributed by atoms with Crippen molar-refractivity contribution in [2.75, 3.05) is 13.1 Å². The molecule has 154 valence electrons. The van der Waals surface area contributed by atoms with E-state index < -0.39 is 6.04 Å². The lowest BCUT2D eigenvalue weighted by Gasteiger charge is -2.42. The van der Waals surface area contributed by atoms with Crippen molar-refractivity contribution < 1.29 is 19.4 Å². The maximum Gasteiger partial charge on any atom is 0.255 e. The van der Waals surface area contributed by atoms with Gasteiger partial charge in [0, 0.05) is 36.9 Å². The average molecular weight is 397 g/mol. The highest BCUT2D eigenvalue weighted by Crippen LogP contribution is 2.34. The molecule has 2 saturated heterocycles. The molecule has 2 N–H and O–H groups in total. The van der Waals surface area contributed by atoms with E-state index in [2.05, 4.69) is 16.8 Å². The number of aliphatic hydroxyl groups is 1. The Bertz CT molecular complexity index is 864. The standard InChI is InChI=1S/C22H27N3O4/c1-13-5-8-19(21(27)23-13)25-10-14-9-16(6-7-17(14)22(25)28)29-20-4-2-3-18(20)24-11-15(26)12-24/h6-7,9,15,18-20,26H,1-5,8,10-12H2,(H,23,27)/t18-,19?,20+/m0/s1. The van der Waals surface area contributed by atoms with E-state index in [0.717, 1.165) is 43.7 Å². The van der Waals surface area contributed by atoms with Crippen molar-refractivity contribution in [3.05, 3.63) is 41.6 Å². The van der Waals surface area contributed by atoms with Gasteiger partial charge in [-0.05, 0) is 55.9 Å². The molecule has 1 aromatic carbocycles. The van der Waals surface area contributed by atoms with E-state index in [9.17, 15) is 14.7 Å². The predicted octanol–water partition coefficient (Wildman–Crippen LogP) is 1.41. The van der Waals surface area contributed by atoms with Crippen molar-refractivity contribution in [3.63, 3.8) is 0 Å². The zero-order chi connectivity index (χ0) is 20.1. The quantitative estimate of drug-likeness (QED) is 0.803. The number of rotatable bonds is 4. The van der Waals surface area contributed by atoms with Crippen LogP contribution in [0, 0.1) is 0 Å². The first-order valence-electron chi connectivity index (χ1n) is 10.5.